The molecule has 0 N–H and O–H groups in total. The van der Waals surface area contributed by atoms with Crippen molar-refractivity contribution in [3.05, 3.63) is 71.8 Å². The van der Waals surface area contributed by atoms with E-state index in [1.165, 1.54) is 7.11 Å². The second-order valence-corrected chi connectivity index (χ2v) is 5.59. The largest absolute Gasteiger partial charge is 0.482 e. The van der Waals surface area contributed by atoms with Gasteiger partial charge in [0.1, 0.15) is 17.1 Å². The number of esters is 2. The SMILES string of the molecule is COC(=O)c1cc2ccccc2cc1OC(=O)COc1ccc(C#N)cc1. The van der Waals surface area contributed by atoms with Crippen molar-refractivity contribution in [2.45, 2.75) is 0 Å². The van der Waals surface area contributed by atoms with Gasteiger partial charge in [0.2, 0.25) is 0 Å². The maximum absolute atomic E-state index is 12.2. The number of nitrogens with zero attached hydrogens (tertiary/aromatic N) is 1. The number of methoxy groups -OCH3 is 1. The van der Waals surface area contributed by atoms with E-state index >= 15 is 0 Å². The molecule has 6 heteroatoms. The molecule has 27 heavy (non-hydrogen) atoms. The van der Waals surface area contributed by atoms with Gasteiger partial charge in [-0.05, 0) is 47.2 Å². The van der Waals surface area contributed by atoms with E-state index in [2.05, 4.69) is 0 Å². The Morgan fingerprint density at radius 2 is 1.67 bits per heavy atom. The molecule has 0 aliphatic rings. The zero-order valence-electron chi connectivity index (χ0n) is 14.5. The molecule has 6 nitrogen and oxygen atoms in total. The molecule has 0 saturated heterocycles. The number of hydrogen-bond donors (Lipinski definition) is 0. The lowest BCUT2D eigenvalue weighted by Crippen LogP contribution is -2.19. The second kappa shape index (κ2) is 8.02. The molecule has 0 bridgehead atoms. The van der Waals surface area contributed by atoms with E-state index in [-0.39, 0.29) is 17.9 Å². The summed E-state index contributed by atoms with van der Waals surface area (Å²) in [5.74, 6) is -0.733. The van der Waals surface area contributed by atoms with Crippen LogP contribution in [0.25, 0.3) is 10.8 Å². The Kier molecular flexibility index (Phi) is 5.33. The highest BCUT2D eigenvalue weighted by molar-refractivity contribution is 5.99. The van der Waals surface area contributed by atoms with Crippen LogP contribution in [-0.2, 0) is 9.53 Å². The minimum absolute atomic E-state index is 0.106. The number of hydrogen-bond acceptors (Lipinski definition) is 6. The minimum Gasteiger partial charge on any atom is -0.482 e. The van der Waals surface area contributed by atoms with Crippen LogP contribution in [0.2, 0.25) is 0 Å². The molecule has 0 fully saturated rings. The number of nitriles is 1. The Bertz CT molecular complexity index is 1030. The normalized spacial score (nSPS) is 10.1. The predicted octanol–water partition coefficient (Wildman–Crippen LogP) is 3.48. The average molecular weight is 361 g/mol. The van der Waals surface area contributed by atoms with Crippen LogP contribution in [0.5, 0.6) is 11.5 Å². The Morgan fingerprint density at radius 3 is 2.30 bits per heavy atom. The molecule has 0 saturated carbocycles. The zero-order valence-corrected chi connectivity index (χ0v) is 14.5. The minimum atomic E-state index is -0.667. The molecule has 0 aromatic heterocycles. The molecule has 3 aromatic rings. The number of ether oxygens (including phenoxy) is 3. The van der Waals surface area contributed by atoms with Gasteiger partial charge in [-0.1, -0.05) is 24.3 Å². The van der Waals surface area contributed by atoms with Gasteiger partial charge < -0.3 is 14.2 Å². The fraction of sp³-hybridized carbons (Fsp3) is 0.0952. The molecule has 0 atom stereocenters. The molecule has 0 aliphatic heterocycles. The summed E-state index contributed by atoms with van der Waals surface area (Å²) in [6.45, 7) is -0.348. The molecule has 0 heterocycles. The topological polar surface area (TPSA) is 85.6 Å². The number of carbonyl (C=O) groups is 2. The smallest absolute Gasteiger partial charge is 0.349 e. The molecular formula is C21H15NO5. The van der Waals surface area contributed by atoms with Crippen LogP contribution in [0, 0.1) is 11.3 Å². The molecular weight excluding hydrogens is 346 g/mol. The third-order valence-corrected chi connectivity index (χ3v) is 3.82. The van der Waals surface area contributed by atoms with Crippen LogP contribution in [0.4, 0.5) is 0 Å². The maximum atomic E-state index is 12.2. The average Bonchev–Trinajstić information content (AvgIpc) is 2.71. The lowest BCUT2D eigenvalue weighted by molar-refractivity contribution is -0.136. The van der Waals surface area contributed by atoms with Gasteiger partial charge in [-0.25, -0.2) is 9.59 Å². The first-order valence-corrected chi connectivity index (χ1v) is 8.05. The van der Waals surface area contributed by atoms with E-state index in [1.54, 1.807) is 36.4 Å². The van der Waals surface area contributed by atoms with Gasteiger partial charge in [0, 0.05) is 0 Å². The summed E-state index contributed by atoms with van der Waals surface area (Å²) in [4.78, 5) is 24.2. The first-order valence-electron chi connectivity index (χ1n) is 8.05. The Morgan fingerprint density at radius 1 is 1.00 bits per heavy atom. The zero-order chi connectivity index (χ0) is 19.2. The molecule has 0 radical (unpaired) electrons. The van der Waals surface area contributed by atoms with Gasteiger partial charge in [-0.3, -0.25) is 0 Å². The first kappa shape index (κ1) is 18.0. The van der Waals surface area contributed by atoms with E-state index < -0.39 is 11.9 Å². The Balaban J connectivity index is 1.76. The van der Waals surface area contributed by atoms with E-state index in [0.717, 1.165) is 10.8 Å². The summed E-state index contributed by atoms with van der Waals surface area (Å²) in [5, 5.41) is 10.4. The number of rotatable bonds is 5. The summed E-state index contributed by atoms with van der Waals surface area (Å²) >= 11 is 0. The van der Waals surface area contributed by atoms with Crippen LogP contribution in [0.15, 0.2) is 60.7 Å². The highest BCUT2D eigenvalue weighted by Gasteiger charge is 2.17. The van der Waals surface area contributed by atoms with E-state index in [0.29, 0.717) is 11.3 Å². The summed E-state index contributed by atoms with van der Waals surface area (Å²) in [7, 11) is 1.26. The van der Waals surface area contributed by atoms with Crippen molar-refractivity contribution in [1.29, 1.82) is 5.26 Å². The number of benzene rings is 3. The highest BCUT2D eigenvalue weighted by atomic mass is 16.6. The predicted molar refractivity (Wildman–Crippen MR) is 97.6 cm³/mol. The molecule has 3 aromatic carbocycles. The van der Waals surface area contributed by atoms with E-state index in [4.69, 9.17) is 19.5 Å². The standard InChI is InChI=1S/C21H15NO5/c1-25-21(24)18-10-15-4-2-3-5-16(15)11-19(18)27-20(23)13-26-17-8-6-14(12-22)7-9-17/h2-11H,13H2,1H3. The van der Waals surface area contributed by atoms with E-state index in [1.807, 2.05) is 30.3 Å². The van der Waals surface area contributed by atoms with Crippen molar-refractivity contribution < 1.29 is 23.8 Å². The van der Waals surface area contributed by atoms with Crippen molar-refractivity contribution in [2.24, 2.45) is 0 Å². The van der Waals surface area contributed by atoms with Crippen molar-refractivity contribution >= 4 is 22.7 Å². The summed E-state index contributed by atoms with van der Waals surface area (Å²) in [5.41, 5.74) is 0.645. The van der Waals surface area contributed by atoms with Crippen LogP contribution in [0.3, 0.4) is 0 Å². The highest BCUT2D eigenvalue weighted by Crippen LogP contribution is 2.27. The van der Waals surface area contributed by atoms with Crippen molar-refractivity contribution in [3.8, 4) is 17.6 Å². The summed E-state index contributed by atoms with van der Waals surface area (Å²) in [6.07, 6.45) is 0. The molecule has 0 spiro atoms. The van der Waals surface area contributed by atoms with Gasteiger partial charge in [-0.2, -0.15) is 5.26 Å². The number of fused-ring (bicyclic) bond motifs is 1. The number of carbonyl (C=O) groups excluding carboxylic acids is 2. The van der Waals surface area contributed by atoms with Crippen molar-refractivity contribution in [2.75, 3.05) is 13.7 Å². The monoisotopic (exact) mass is 361 g/mol. The fourth-order valence-corrected chi connectivity index (χ4v) is 2.49. The van der Waals surface area contributed by atoms with Gasteiger partial charge in [0.15, 0.2) is 6.61 Å². The summed E-state index contributed by atoms with van der Waals surface area (Å²) in [6, 6.07) is 19.0. The van der Waals surface area contributed by atoms with E-state index in [9.17, 15) is 9.59 Å². The lowest BCUT2D eigenvalue weighted by atomic mass is 10.1. The third-order valence-electron chi connectivity index (χ3n) is 3.82. The van der Waals surface area contributed by atoms with Gasteiger partial charge in [0.25, 0.3) is 0 Å². The van der Waals surface area contributed by atoms with Crippen molar-refractivity contribution in [1.82, 2.24) is 0 Å². The quantitative estimate of drug-likeness (QED) is 0.511. The van der Waals surface area contributed by atoms with Crippen LogP contribution in [0.1, 0.15) is 15.9 Å². The third kappa shape index (κ3) is 4.22. The lowest BCUT2D eigenvalue weighted by Gasteiger charge is -2.11. The molecule has 0 amide bonds. The van der Waals surface area contributed by atoms with Crippen LogP contribution in [-0.4, -0.2) is 25.7 Å². The van der Waals surface area contributed by atoms with Crippen LogP contribution >= 0.6 is 0 Å². The molecule has 134 valence electrons. The Labute approximate surface area is 155 Å². The molecule has 3 rings (SSSR count). The van der Waals surface area contributed by atoms with Gasteiger partial charge in [0.05, 0.1) is 18.7 Å². The first-order chi connectivity index (χ1) is 13.1. The second-order valence-electron chi connectivity index (χ2n) is 5.59. The summed E-state index contributed by atoms with van der Waals surface area (Å²) < 4.78 is 15.5. The van der Waals surface area contributed by atoms with Crippen molar-refractivity contribution in [3.63, 3.8) is 0 Å². The fourth-order valence-electron chi connectivity index (χ4n) is 2.49. The molecule has 0 aliphatic carbocycles. The van der Waals surface area contributed by atoms with Crippen LogP contribution < -0.4 is 9.47 Å². The Hall–Kier alpha value is -3.85. The maximum Gasteiger partial charge on any atom is 0.349 e. The van der Waals surface area contributed by atoms with Gasteiger partial charge in [-0.15, -0.1) is 0 Å². The molecule has 0 unspecified atom stereocenters. The van der Waals surface area contributed by atoms with Gasteiger partial charge >= 0.3 is 11.9 Å².